The Morgan fingerprint density at radius 3 is 2.50 bits per heavy atom. The second kappa shape index (κ2) is 5.36. The molecular weight excluding hydrogens is 271 g/mol. The van der Waals surface area contributed by atoms with Crippen molar-refractivity contribution in [1.29, 1.82) is 0 Å². The van der Waals surface area contributed by atoms with Crippen LogP contribution in [0, 0.1) is 6.92 Å². The highest BCUT2D eigenvalue weighted by Crippen LogP contribution is 2.31. The summed E-state index contributed by atoms with van der Waals surface area (Å²) in [6, 6.07) is 7.71. The molecule has 7 heteroatoms. The Kier molecular flexibility index (Phi) is 3.78. The SMILES string of the molecule is CNc1nc(Oc2cccc(C)c2)cc(C(F)(F)F)n1. The summed E-state index contributed by atoms with van der Waals surface area (Å²) in [6.45, 7) is 1.85. The predicted molar refractivity (Wildman–Crippen MR) is 67.8 cm³/mol. The minimum absolute atomic E-state index is 0.150. The van der Waals surface area contributed by atoms with Crippen molar-refractivity contribution in [1.82, 2.24) is 9.97 Å². The molecule has 2 rings (SSSR count). The molecule has 1 aromatic heterocycles. The standard InChI is InChI=1S/C13H12F3N3O/c1-8-4-3-5-9(6-8)20-11-7-10(13(14,15)16)18-12(17-2)19-11/h3-7H,1-2H3,(H,17,18,19). The smallest absolute Gasteiger partial charge is 0.433 e. The Balaban J connectivity index is 2.36. The van der Waals surface area contributed by atoms with Crippen molar-refractivity contribution in [3.05, 3.63) is 41.6 Å². The Morgan fingerprint density at radius 2 is 1.90 bits per heavy atom. The molecule has 0 aliphatic carbocycles. The molecule has 0 spiro atoms. The van der Waals surface area contributed by atoms with E-state index in [4.69, 9.17) is 4.74 Å². The van der Waals surface area contributed by atoms with E-state index in [1.807, 2.05) is 13.0 Å². The van der Waals surface area contributed by atoms with Crippen molar-refractivity contribution < 1.29 is 17.9 Å². The van der Waals surface area contributed by atoms with Crippen LogP contribution in [-0.4, -0.2) is 17.0 Å². The third-order valence-electron chi connectivity index (χ3n) is 2.43. The van der Waals surface area contributed by atoms with Crippen LogP contribution >= 0.6 is 0 Å². The minimum Gasteiger partial charge on any atom is -0.439 e. The Hall–Kier alpha value is -2.31. The van der Waals surface area contributed by atoms with Gasteiger partial charge in [-0.3, -0.25) is 0 Å². The number of nitrogens with one attached hydrogen (secondary N) is 1. The van der Waals surface area contributed by atoms with Gasteiger partial charge in [0.25, 0.3) is 0 Å². The monoisotopic (exact) mass is 283 g/mol. The number of rotatable bonds is 3. The molecule has 0 unspecified atom stereocenters. The van der Waals surface area contributed by atoms with Gasteiger partial charge in [-0.05, 0) is 24.6 Å². The zero-order valence-electron chi connectivity index (χ0n) is 10.8. The summed E-state index contributed by atoms with van der Waals surface area (Å²) in [5, 5.41) is 2.47. The molecule has 0 saturated heterocycles. The van der Waals surface area contributed by atoms with Gasteiger partial charge >= 0.3 is 6.18 Å². The lowest BCUT2D eigenvalue weighted by atomic mass is 10.2. The average Bonchev–Trinajstić information content (AvgIpc) is 2.37. The first kappa shape index (κ1) is 14.1. The molecule has 4 nitrogen and oxygen atoms in total. The van der Waals surface area contributed by atoms with E-state index in [1.54, 1.807) is 18.2 Å². The largest absolute Gasteiger partial charge is 0.439 e. The van der Waals surface area contributed by atoms with Crippen molar-refractivity contribution >= 4 is 5.95 Å². The minimum atomic E-state index is -4.56. The molecule has 106 valence electrons. The topological polar surface area (TPSA) is 47.0 Å². The third-order valence-corrected chi connectivity index (χ3v) is 2.43. The molecule has 0 bridgehead atoms. The van der Waals surface area contributed by atoms with Crippen molar-refractivity contribution in [2.75, 3.05) is 12.4 Å². The van der Waals surface area contributed by atoms with E-state index >= 15 is 0 Å². The molecule has 0 amide bonds. The highest BCUT2D eigenvalue weighted by Gasteiger charge is 2.34. The highest BCUT2D eigenvalue weighted by molar-refractivity contribution is 5.35. The number of anilines is 1. The number of alkyl halides is 3. The second-order valence-electron chi connectivity index (χ2n) is 4.08. The summed E-state index contributed by atoms with van der Waals surface area (Å²) >= 11 is 0. The van der Waals surface area contributed by atoms with E-state index in [1.165, 1.54) is 7.05 Å². The molecule has 0 aliphatic rings. The number of benzene rings is 1. The van der Waals surface area contributed by atoms with E-state index in [2.05, 4.69) is 15.3 Å². The fraction of sp³-hybridized carbons (Fsp3) is 0.231. The average molecular weight is 283 g/mol. The molecule has 1 heterocycles. The molecule has 20 heavy (non-hydrogen) atoms. The number of ether oxygens (including phenoxy) is 1. The molecule has 1 N–H and O–H groups in total. The first-order valence-electron chi connectivity index (χ1n) is 5.77. The van der Waals surface area contributed by atoms with E-state index < -0.39 is 11.9 Å². The summed E-state index contributed by atoms with van der Waals surface area (Å²) in [5.41, 5.74) is -0.124. The van der Waals surface area contributed by atoms with Gasteiger partial charge in [-0.15, -0.1) is 0 Å². The molecule has 0 radical (unpaired) electrons. The van der Waals surface area contributed by atoms with Crippen LogP contribution in [-0.2, 0) is 6.18 Å². The number of aryl methyl sites for hydroxylation is 1. The van der Waals surface area contributed by atoms with Gasteiger partial charge in [-0.2, -0.15) is 18.2 Å². The maximum atomic E-state index is 12.7. The van der Waals surface area contributed by atoms with Crippen LogP contribution in [0.15, 0.2) is 30.3 Å². The molecule has 0 atom stereocenters. The first-order valence-corrected chi connectivity index (χ1v) is 5.77. The number of hydrogen-bond acceptors (Lipinski definition) is 4. The van der Waals surface area contributed by atoms with Gasteiger partial charge in [0, 0.05) is 13.1 Å². The van der Waals surface area contributed by atoms with Crippen molar-refractivity contribution in [3.8, 4) is 11.6 Å². The predicted octanol–water partition coefficient (Wildman–Crippen LogP) is 3.64. The van der Waals surface area contributed by atoms with Crippen molar-refractivity contribution in [2.24, 2.45) is 0 Å². The maximum absolute atomic E-state index is 12.7. The maximum Gasteiger partial charge on any atom is 0.433 e. The lowest BCUT2D eigenvalue weighted by molar-refractivity contribution is -0.141. The Bertz CT molecular complexity index is 614. The fourth-order valence-corrected chi connectivity index (χ4v) is 1.53. The first-order chi connectivity index (χ1) is 9.38. The molecule has 0 fully saturated rings. The third kappa shape index (κ3) is 3.37. The van der Waals surface area contributed by atoms with Crippen LogP contribution in [0.5, 0.6) is 11.6 Å². The summed E-state index contributed by atoms with van der Waals surface area (Å²) in [5.74, 6) is 0.101. The van der Waals surface area contributed by atoms with E-state index in [-0.39, 0.29) is 11.8 Å². The van der Waals surface area contributed by atoms with Crippen molar-refractivity contribution in [2.45, 2.75) is 13.1 Å². The van der Waals surface area contributed by atoms with Gasteiger partial charge in [0.1, 0.15) is 5.75 Å². The fourth-order valence-electron chi connectivity index (χ4n) is 1.53. The quantitative estimate of drug-likeness (QED) is 0.934. The number of nitrogens with zero attached hydrogens (tertiary/aromatic N) is 2. The normalized spacial score (nSPS) is 11.2. The lowest BCUT2D eigenvalue weighted by Gasteiger charge is -2.11. The molecular formula is C13H12F3N3O. The number of hydrogen-bond donors (Lipinski definition) is 1. The van der Waals surface area contributed by atoms with E-state index in [9.17, 15) is 13.2 Å². The van der Waals surface area contributed by atoms with Crippen LogP contribution in [0.25, 0.3) is 0 Å². The van der Waals surface area contributed by atoms with Crippen LogP contribution in [0.3, 0.4) is 0 Å². The molecule has 0 aliphatic heterocycles. The van der Waals surface area contributed by atoms with Gasteiger partial charge < -0.3 is 10.1 Å². The van der Waals surface area contributed by atoms with Crippen LogP contribution in [0.4, 0.5) is 19.1 Å². The van der Waals surface area contributed by atoms with Crippen molar-refractivity contribution in [3.63, 3.8) is 0 Å². The number of halogens is 3. The van der Waals surface area contributed by atoms with Gasteiger partial charge in [0.05, 0.1) is 0 Å². The van der Waals surface area contributed by atoms with E-state index in [0.717, 1.165) is 11.6 Å². The Morgan fingerprint density at radius 1 is 1.15 bits per heavy atom. The summed E-state index contributed by atoms with van der Waals surface area (Å²) in [4.78, 5) is 7.20. The van der Waals surface area contributed by atoms with Crippen LogP contribution in [0.2, 0.25) is 0 Å². The van der Waals surface area contributed by atoms with Crippen LogP contribution < -0.4 is 10.1 Å². The molecule has 1 aromatic carbocycles. The zero-order valence-corrected chi connectivity index (χ0v) is 10.8. The van der Waals surface area contributed by atoms with Gasteiger partial charge in [0.2, 0.25) is 11.8 Å². The summed E-state index contributed by atoms with van der Waals surface area (Å²) in [6.07, 6.45) is -4.56. The Labute approximate surface area is 113 Å². The highest BCUT2D eigenvalue weighted by atomic mass is 19.4. The lowest BCUT2D eigenvalue weighted by Crippen LogP contribution is -2.11. The zero-order chi connectivity index (χ0) is 14.8. The molecule has 0 saturated carbocycles. The van der Waals surface area contributed by atoms with Gasteiger partial charge in [0.15, 0.2) is 5.69 Å². The summed E-state index contributed by atoms with van der Waals surface area (Å²) in [7, 11) is 1.44. The second-order valence-corrected chi connectivity index (χ2v) is 4.08. The number of aromatic nitrogens is 2. The molecule has 2 aromatic rings. The summed E-state index contributed by atoms with van der Waals surface area (Å²) < 4.78 is 43.5. The van der Waals surface area contributed by atoms with Gasteiger partial charge in [-0.1, -0.05) is 12.1 Å². The van der Waals surface area contributed by atoms with Crippen LogP contribution in [0.1, 0.15) is 11.3 Å². The van der Waals surface area contributed by atoms with Gasteiger partial charge in [-0.25, -0.2) is 4.98 Å². The van der Waals surface area contributed by atoms with E-state index in [0.29, 0.717) is 5.75 Å².